The summed E-state index contributed by atoms with van der Waals surface area (Å²) in [5.74, 6) is -3.41. The van der Waals surface area contributed by atoms with Gasteiger partial charge in [0.15, 0.2) is 17.5 Å². The molecule has 0 saturated heterocycles. The summed E-state index contributed by atoms with van der Waals surface area (Å²) in [4.78, 5) is 0. The van der Waals surface area contributed by atoms with E-state index in [1.165, 1.54) is 6.07 Å². The summed E-state index contributed by atoms with van der Waals surface area (Å²) in [5.41, 5.74) is 6.96. The van der Waals surface area contributed by atoms with Crippen LogP contribution < -0.4 is 10.5 Å². The Labute approximate surface area is 120 Å². The van der Waals surface area contributed by atoms with Crippen LogP contribution in [0.5, 0.6) is 5.75 Å². The van der Waals surface area contributed by atoms with Gasteiger partial charge in [-0.05, 0) is 24.1 Å². The Morgan fingerprint density at radius 1 is 1.05 bits per heavy atom. The van der Waals surface area contributed by atoms with E-state index in [0.717, 1.165) is 11.6 Å². The minimum Gasteiger partial charge on any atom is -0.493 e. The molecule has 0 aliphatic carbocycles. The standard InChI is InChI=1S/C16H14F3NO/c17-12-6-5-11(14(18)15(12)19)16(20)10-7-8-21-13-4-2-1-3-9(10)13/h1-6,10,16H,7-8,20H2. The summed E-state index contributed by atoms with van der Waals surface area (Å²) < 4.78 is 45.9. The Balaban J connectivity index is 2.01. The minimum absolute atomic E-state index is 0.0180. The molecule has 2 nitrogen and oxygen atoms in total. The zero-order valence-corrected chi connectivity index (χ0v) is 11.2. The summed E-state index contributed by atoms with van der Waals surface area (Å²) in [6.07, 6.45) is 0.594. The van der Waals surface area contributed by atoms with Crippen molar-refractivity contribution in [3.63, 3.8) is 0 Å². The molecule has 0 fully saturated rings. The minimum atomic E-state index is -1.48. The van der Waals surface area contributed by atoms with Crippen molar-refractivity contribution in [2.24, 2.45) is 5.73 Å². The molecule has 1 heterocycles. The van der Waals surface area contributed by atoms with Crippen LogP contribution in [-0.2, 0) is 0 Å². The van der Waals surface area contributed by atoms with Crippen LogP contribution in [0.2, 0.25) is 0 Å². The number of benzene rings is 2. The summed E-state index contributed by atoms with van der Waals surface area (Å²) >= 11 is 0. The van der Waals surface area contributed by atoms with Crippen molar-refractivity contribution in [1.29, 1.82) is 0 Å². The Hall–Kier alpha value is -2.01. The second kappa shape index (κ2) is 5.41. The van der Waals surface area contributed by atoms with E-state index in [0.29, 0.717) is 18.8 Å². The highest BCUT2D eigenvalue weighted by Crippen LogP contribution is 2.40. The van der Waals surface area contributed by atoms with Crippen molar-refractivity contribution in [1.82, 2.24) is 0 Å². The van der Waals surface area contributed by atoms with Crippen LogP contribution in [0.1, 0.15) is 29.5 Å². The van der Waals surface area contributed by atoms with Crippen LogP contribution >= 0.6 is 0 Å². The van der Waals surface area contributed by atoms with Crippen LogP contribution in [0.25, 0.3) is 0 Å². The molecule has 21 heavy (non-hydrogen) atoms. The Bertz CT molecular complexity index is 675. The molecule has 2 atom stereocenters. The van der Waals surface area contributed by atoms with Crippen molar-refractivity contribution in [3.8, 4) is 5.75 Å². The molecular formula is C16H14F3NO. The Kier molecular flexibility index (Phi) is 3.59. The Morgan fingerprint density at radius 3 is 2.62 bits per heavy atom. The fourth-order valence-corrected chi connectivity index (χ4v) is 2.76. The van der Waals surface area contributed by atoms with Crippen LogP contribution in [0.3, 0.4) is 0 Å². The maximum absolute atomic E-state index is 13.9. The molecule has 3 rings (SSSR count). The van der Waals surface area contributed by atoms with Gasteiger partial charge in [-0.15, -0.1) is 0 Å². The molecule has 2 aromatic carbocycles. The first-order valence-corrected chi connectivity index (χ1v) is 6.70. The quantitative estimate of drug-likeness (QED) is 0.857. The van der Waals surface area contributed by atoms with Gasteiger partial charge < -0.3 is 10.5 Å². The number of hydrogen-bond acceptors (Lipinski definition) is 2. The highest BCUT2D eigenvalue weighted by atomic mass is 19.2. The van der Waals surface area contributed by atoms with Gasteiger partial charge in [-0.3, -0.25) is 0 Å². The SMILES string of the molecule is NC(c1ccc(F)c(F)c1F)C1CCOc2ccccc21. The smallest absolute Gasteiger partial charge is 0.194 e. The second-order valence-corrected chi connectivity index (χ2v) is 5.07. The van der Waals surface area contributed by atoms with Gasteiger partial charge in [-0.2, -0.15) is 0 Å². The molecule has 2 N–H and O–H groups in total. The molecule has 2 aromatic rings. The van der Waals surface area contributed by atoms with Gasteiger partial charge in [0.05, 0.1) is 6.61 Å². The van der Waals surface area contributed by atoms with Crippen LogP contribution in [0.15, 0.2) is 36.4 Å². The number of ether oxygens (including phenoxy) is 1. The molecule has 1 aliphatic heterocycles. The van der Waals surface area contributed by atoms with Crippen molar-refractivity contribution in [2.75, 3.05) is 6.61 Å². The van der Waals surface area contributed by atoms with Gasteiger partial charge in [0, 0.05) is 17.5 Å². The van der Waals surface area contributed by atoms with E-state index >= 15 is 0 Å². The van der Waals surface area contributed by atoms with Crippen molar-refractivity contribution in [3.05, 3.63) is 65.0 Å². The maximum Gasteiger partial charge on any atom is 0.194 e. The summed E-state index contributed by atoms with van der Waals surface area (Å²) in [6, 6.07) is 8.70. The highest BCUT2D eigenvalue weighted by molar-refractivity contribution is 5.40. The molecule has 0 radical (unpaired) electrons. The topological polar surface area (TPSA) is 35.2 Å². The molecule has 5 heteroatoms. The lowest BCUT2D eigenvalue weighted by atomic mass is 9.83. The first kappa shape index (κ1) is 13.9. The first-order valence-electron chi connectivity index (χ1n) is 6.70. The first-order chi connectivity index (χ1) is 10.1. The lowest BCUT2D eigenvalue weighted by molar-refractivity contribution is 0.254. The third kappa shape index (κ3) is 2.38. The van der Waals surface area contributed by atoms with Gasteiger partial charge in [-0.25, -0.2) is 13.2 Å². The monoisotopic (exact) mass is 293 g/mol. The highest BCUT2D eigenvalue weighted by Gasteiger charge is 2.30. The van der Waals surface area contributed by atoms with E-state index in [2.05, 4.69) is 0 Å². The van der Waals surface area contributed by atoms with Crippen LogP contribution in [-0.4, -0.2) is 6.61 Å². The van der Waals surface area contributed by atoms with Crippen LogP contribution in [0.4, 0.5) is 13.2 Å². The summed E-state index contributed by atoms with van der Waals surface area (Å²) in [5, 5.41) is 0. The Morgan fingerprint density at radius 2 is 1.81 bits per heavy atom. The molecule has 110 valence electrons. The van der Waals surface area contributed by atoms with E-state index in [4.69, 9.17) is 10.5 Å². The summed E-state index contributed by atoms with van der Waals surface area (Å²) in [7, 11) is 0. The molecule has 1 aliphatic rings. The second-order valence-electron chi connectivity index (χ2n) is 5.07. The lowest BCUT2D eigenvalue weighted by Gasteiger charge is -2.30. The van der Waals surface area contributed by atoms with E-state index in [-0.39, 0.29) is 11.5 Å². The van der Waals surface area contributed by atoms with Gasteiger partial charge in [0.1, 0.15) is 5.75 Å². The van der Waals surface area contributed by atoms with Gasteiger partial charge >= 0.3 is 0 Å². The number of rotatable bonds is 2. The van der Waals surface area contributed by atoms with Gasteiger partial charge in [0.2, 0.25) is 0 Å². The number of para-hydroxylation sites is 1. The molecular weight excluding hydrogens is 279 g/mol. The molecule has 0 aromatic heterocycles. The molecule has 0 bridgehead atoms. The number of fused-ring (bicyclic) bond motifs is 1. The van der Waals surface area contributed by atoms with E-state index in [1.54, 1.807) is 0 Å². The summed E-state index contributed by atoms with van der Waals surface area (Å²) in [6.45, 7) is 0.459. The number of nitrogens with two attached hydrogens (primary N) is 1. The molecule has 2 unspecified atom stereocenters. The number of hydrogen-bond donors (Lipinski definition) is 1. The largest absolute Gasteiger partial charge is 0.493 e. The van der Waals surface area contributed by atoms with Crippen molar-refractivity contribution in [2.45, 2.75) is 18.4 Å². The van der Waals surface area contributed by atoms with Crippen molar-refractivity contribution >= 4 is 0 Å². The van der Waals surface area contributed by atoms with Gasteiger partial charge in [-0.1, -0.05) is 24.3 Å². The third-order valence-corrected chi connectivity index (χ3v) is 3.86. The van der Waals surface area contributed by atoms with E-state index in [1.807, 2.05) is 24.3 Å². The molecule has 0 saturated carbocycles. The van der Waals surface area contributed by atoms with E-state index < -0.39 is 23.5 Å². The number of halogens is 3. The zero-order valence-electron chi connectivity index (χ0n) is 11.2. The van der Waals surface area contributed by atoms with Gasteiger partial charge in [0.25, 0.3) is 0 Å². The van der Waals surface area contributed by atoms with Crippen LogP contribution in [0, 0.1) is 17.5 Å². The predicted octanol–water partition coefficient (Wildman–Crippen LogP) is 3.67. The normalized spacial score (nSPS) is 18.8. The third-order valence-electron chi connectivity index (χ3n) is 3.86. The average Bonchev–Trinajstić information content (AvgIpc) is 2.51. The fraction of sp³-hybridized carbons (Fsp3) is 0.250. The molecule has 0 amide bonds. The average molecular weight is 293 g/mol. The van der Waals surface area contributed by atoms with E-state index in [9.17, 15) is 13.2 Å². The maximum atomic E-state index is 13.9. The predicted molar refractivity (Wildman–Crippen MR) is 72.5 cm³/mol. The molecule has 0 spiro atoms. The zero-order chi connectivity index (χ0) is 15.0. The fourth-order valence-electron chi connectivity index (χ4n) is 2.76. The van der Waals surface area contributed by atoms with Crippen molar-refractivity contribution < 1.29 is 17.9 Å². The lowest BCUT2D eigenvalue weighted by Crippen LogP contribution is -2.26.